The summed E-state index contributed by atoms with van der Waals surface area (Å²) in [5, 5.41) is 12.3. The minimum Gasteiger partial charge on any atom is -0.504 e. The Hall–Kier alpha value is -2.20. The van der Waals surface area contributed by atoms with Crippen LogP contribution in [0.3, 0.4) is 0 Å². The van der Waals surface area contributed by atoms with Crippen molar-refractivity contribution < 1.29 is 9.84 Å². The third-order valence-corrected chi connectivity index (χ3v) is 3.65. The van der Waals surface area contributed by atoms with Gasteiger partial charge >= 0.3 is 0 Å². The summed E-state index contributed by atoms with van der Waals surface area (Å²) in [7, 11) is 3.99. The fourth-order valence-corrected chi connectivity index (χ4v) is 2.52. The van der Waals surface area contributed by atoms with Crippen molar-refractivity contribution in [2.75, 3.05) is 27.2 Å². The first-order valence-electron chi connectivity index (χ1n) is 7.08. The standard InChI is InChI=1S/C17H20N2O2/c1-11-4-6-14-13(10-11)12-5-7-15(20)17(16(12)18-14)21-9-8-19(2)3/h4-7,10,18,20H,8-9H2,1-3H3. The first-order chi connectivity index (χ1) is 10.1. The highest BCUT2D eigenvalue weighted by Gasteiger charge is 2.13. The second kappa shape index (κ2) is 5.30. The maximum absolute atomic E-state index is 10.1. The molecule has 0 radical (unpaired) electrons. The molecule has 2 aromatic carbocycles. The van der Waals surface area contributed by atoms with Gasteiger partial charge < -0.3 is 19.7 Å². The first kappa shape index (κ1) is 13.8. The van der Waals surface area contributed by atoms with Gasteiger partial charge in [0, 0.05) is 22.8 Å². The molecule has 4 heteroatoms. The van der Waals surface area contributed by atoms with Crippen molar-refractivity contribution in [3.63, 3.8) is 0 Å². The molecule has 21 heavy (non-hydrogen) atoms. The summed E-state index contributed by atoms with van der Waals surface area (Å²) in [6.07, 6.45) is 0. The van der Waals surface area contributed by atoms with Gasteiger partial charge in [-0.25, -0.2) is 0 Å². The van der Waals surface area contributed by atoms with Gasteiger partial charge in [-0.3, -0.25) is 0 Å². The van der Waals surface area contributed by atoms with Crippen molar-refractivity contribution in [2.45, 2.75) is 6.92 Å². The minimum absolute atomic E-state index is 0.171. The van der Waals surface area contributed by atoms with Gasteiger partial charge in [0.1, 0.15) is 6.61 Å². The molecule has 2 N–H and O–H groups in total. The van der Waals surface area contributed by atoms with Crippen molar-refractivity contribution in [3.05, 3.63) is 35.9 Å². The van der Waals surface area contributed by atoms with E-state index in [0.29, 0.717) is 12.4 Å². The highest BCUT2D eigenvalue weighted by Crippen LogP contribution is 2.38. The zero-order chi connectivity index (χ0) is 15.0. The lowest BCUT2D eigenvalue weighted by Crippen LogP contribution is -2.19. The van der Waals surface area contributed by atoms with Crippen LogP contribution in [0, 0.1) is 6.92 Å². The molecule has 0 fully saturated rings. The molecule has 1 aromatic heterocycles. The highest BCUT2D eigenvalue weighted by molar-refractivity contribution is 6.10. The zero-order valence-corrected chi connectivity index (χ0v) is 12.6. The molecule has 0 aliphatic carbocycles. The number of aromatic amines is 1. The van der Waals surface area contributed by atoms with Crippen LogP contribution in [0.4, 0.5) is 0 Å². The Kier molecular flexibility index (Phi) is 3.47. The number of benzene rings is 2. The van der Waals surface area contributed by atoms with Crippen LogP contribution in [0.2, 0.25) is 0 Å². The van der Waals surface area contributed by atoms with Crippen molar-refractivity contribution in [1.29, 1.82) is 0 Å². The van der Waals surface area contributed by atoms with Gasteiger partial charge in [0.05, 0.1) is 5.52 Å². The number of nitrogens with zero attached hydrogens (tertiary/aromatic N) is 1. The molecule has 0 bridgehead atoms. The van der Waals surface area contributed by atoms with Gasteiger partial charge in [0.2, 0.25) is 0 Å². The number of nitrogens with one attached hydrogen (secondary N) is 1. The van der Waals surface area contributed by atoms with Crippen LogP contribution >= 0.6 is 0 Å². The Morgan fingerprint density at radius 2 is 1.95 bits per heavy atom. The number of likely N-dealkylation sites (N-methyl/N-ethyl adjacent to an activating group) is 1. The largest absolute Gasteiger partial charge is 0.504 e. The van der Waals surface area contributed by atoms with E-state index in [1.807, 2.05) is 25.1 Å². The van der Waals surface area contributed by atoms with E-state index in [-0.39, 0.29) is 5.75 Å². The van der Waals surface area contributed by atoms with Crippen LogP contribution < -0.4 is 4.74 Å². The lowest BCUT2D eigenvalue weighted by Gasteiger charge is -2.12. The molecule has 0 spiro atoms. The molecule has 0 saturated carbocycles. The summed E-state index contributed by atoms with van der Waals surface area (Å²) in [5.41, 5.74) is 3.12. The van der Waals surface area contributed by atoms with Gasteiger partial charge in [0.25, 0.3) is 0 Å². The van der Waals surface area contributed by atoms with E-state index >= 15 is 0 Å². The maximum atomic E-state index is 10.1. The Labute approximate surface area is 123 Å². The number of hydrogen-bond donors (Lipinski definition) is 2. The summed E-state index contributed by atoms with van der Waals surface area (Å²) in [4.78, 5) is 5.40. The van der Waals surface area contributed by atoms with Gasteiger partial charge in [-0.1, -0.05) is 11.6 Å². The van der Waals surface area contributed by atoms with Gasteiger partial charge in [-0.05, 0) is 45.3 Å². The van der Waals surface area contributed by atoms with Crippen LogP contribution in [0.15, 0.2) is 30.3 Å². The average molecular weight is 284 g/mol. The monoisotopic (exact) mass is 284 g/mol. The number of ether oxygens (including phenoxy) is 1. The second-order valence-corrected chi connectivity index (χ2v) is 5.66. The Balaban J connectivity index is 2.10. The van der Waals surface area contributed by atoms with Crippen molar-refractivity contribution >= 4 is 21.8 Å². The minimum atomic E-state index is 0.171. The molecular formula is C17H20N2O2. The molecule has 0 unspecified atom stereocenters. The number of aromatic hydroxyl groups is 1. The first-order valence-corrected chi connectivity index (χ1v) is 7.08. The molecule has 4 nitrogen and oxygen atoms in total. The number of aromatic nitrogens is 1. The van der Waals surface area contributed by atoms with Crippen LogP contribution in [0.1, 0.15) is 5.56 Å². The van der Waals surface area contributed by atoms with E-state index in [1.54, 1.807) is 6.07 Å². The fraction of sp³-hybridized carbons (Fsp3) is 0.294. The van der Waals surface area contributed by atoms with E-state index < -0.39 is 0 Å². The smallest absolute Gasteiger partial charge is 0.185 e. The Bertz CT molecular complexity index is 790. The number of phenolic OH excluding ortho intramolecular Hbond substituents is 1. The number of fused-ring (bicyclic) bond motifs is 3. The molecule has 0 aliphatic heterocycles. The van der Waals surface area contributed by atoms with Crippen molar-refractivity contribution in [1.82, 2.24) is 9.88 Å². The summed E-state index contributed by atoms with van der Waals surface area (Å²) in [6.45, 7) is 3.41. The van der Waals surface area contributed by atoms with Crippen molar-refractivity contribution in [2.24, 2.45) is 0 Å². The lowest BCUT2D eigenvalue weighted by atomic mass is 10.1. The average Bonchev–Trinajstić information content (AvgIpc) is 2.79. The topological polar surface area (TPSA) is 48.5 Å². The predicted molar refractivity (Wildman–Crippen MR) is 86.3 cm³/mol. The number of hydrogen-bond acceptors (Lipinski definition) is 3. The van der Waals surface area contributed by atoms with E-state index in [4.69, 9.17) is 4.74 Å². The number of phenols is 1. The molecule has 0 saturated heterocycles. The van der Waals surface area contributed by atoms with Crippen molar-refractivity contribution in [3.8, 4) is 11.5 Å². The summed E-state index contributed by atoms with van der Waals surface area (Å²) >= 11 is 0. The number of H-pyrrole nitrogens is 1. The summed E-state index contributed by atoms with van der Waals surface area (Å²) in [5.74, 6) is 0.702. The molecule has 3 rings (SSSR count). The van der Waals surface area contributed by atoms with E-state index in [2.05, 4.69) is 30.1 Å². The van der Waals surface area contributed by atoms with Crippen LogP contribution in [-0.2, 0) is 0 Å². The molecule has 0 amide bonds. The SMILES string of the molecule is Cc1ccc2[nH]c3c(OCCN(C)C)c(O)ccc3c2c1. The quantitative estimate of drug-likeness (QED) is 0.773. The summed E-state index contributed by atoms with van der Waals surface area (Å²) in [6, 6.07) is 9.91. The molecule has 1 heterocycles. The molecule has 3 aromatic rings. The third-order valence-electron chi connectivity index (χ3n) is 3.65. The van der Waals surface area contributed by atoms with E-state index in [9.17, 15) is 5.11 Å². The molecule has 0 atom stereocenters. The third kappa shape index (κ3) is 2.54. The van der Waals surface area contributed by atoms with Crippen LogP contribution in [-0.4, -0.2) is 42.2 Å². The van der Waals surface area contributed by atoms with Gasteiger partial charge in [-0.15, -0.1) is 0 Å². The number of rotatable bonds is 4. The fourth-order valence-electron chi connectivity index (χ4n) is 2.52. The Morgan fingerprint density at radius 3 is 2.71 bits per heavy atom. The van der Waals surface area contributed by atoms with E-state index in [1.165, 1.54) is 5.56 Å². The molecule has 0 aliphatic rings. The highest BCUT2D eigenvalue weighted by atomic mass is 16.5. The molecular weight excluding hydrogens is 264 g/mol. The van der Waals surface area contributed by atoms with Crippen LogP contribution in [0.5, 0.6) is 11.5 Å². The lowest BCUT2D eigenvalue weighted by molar-refractivity contribution is 0.255. The van der Waals surface area contributed by atoms with E-state index in [0.717, 1.165) is 28.4 Å². The predicted octanol–water partition coefficient (Wildman–Crippen LogP) is 3.28. The molecule has 110 valence electrons. The van der Waals surface area contributed by atoms with Crippen LogP contribution in [0.25, 0.3) is 21.8 Å². The normalized spacial score (nSPS) is 11.6. The maximum Gasteiger partial charge on any atom is 0.185 e. The van der Waals surface area contributed by atoms with Gasteiger partial charge in [-0.2, -0.15) is 0 Å². The zero-order valence-electron chi connectivity index (χ0n) is 12.6. The van der Waals surface area contributed by atoms with Gasteiger partial charge in [0.15, 0.2) is 11.5 Å². The number of aryl methyl sites for hydroxylation is 1. The second-order valence-electron chi connectivity index (χ2n) is 5.66. The Morgan fingerprint density at radius 1 is 1.14 bits per heavy atom. The summed E-state index contributed by atoms with van der Waals surface area (Å²) < 4.78 is 5.80.